The van der Waals surface area contributed by atoms with E-state index in [1.54, 1.807) is 12.1 Å². The van der Waals surface area contributed by atoms with Crippen LogP contribution >= 0.6 is 0 Å². The number of hydrogen-bond acceptors (Lipinski definition) is 6. The van der Waals surface area contributed by atoms with Crippen LogP contribution < -0.4 is 10.1 Å². The molecule has 28 heavy (non-hydrogen) atoms. The van der Waals surface area contributed by atoms with Gasteiger partial charge in [0.25, 0.3) is 0 Å². The molecule has 0 unspecified atom stereocenters. The van der Waals surface area contributed by atoms with Crippen LogP contribution in [-0.2, 0) is 9.84 Å². The maximum absolute atomic E-state index is 14.2. The van der Waals surface area contributed by atoms with E-state index in [2.05, 4.69) is 10.3 Å². The van der Waals surface area contributed by atoms with Crippen LogP contribution in [-0.4, -0.2) is 55.0 Å². The Hall–Kier alpha value is -2.88. The predicted molar refractivity (Wildman–Crippen MR) is 100 cm³/mol. The van der Waals surface area contributed by atoms with Crippen molar-refractivity contribution < 1.29 is 27.4 Å². The predicted octanol–water partition coefficient (Wildman–Crippen LogP) is 2.89. The Labute approximate surface area is 161 Å². The van der Waals surface area contributed by atoms with Crippen LogP contribution in [0.25, 0.3) is 0 Å². The quantitative estimate of drug-likeness (QED) is 0.781. The highest BCUT2D eigenvalue weighted by Crippen LogP contribution is 2.25. The maximum atomic E-state index is 14.2. The second-order valence-electron chi connectivity index (χ2n) is 6.50. The molecule has 0 atom stereocenters. The molecule has 2 aromatic rings. The first-order valence-electron chi connectivity index (χ1n) is 8.59. The molecule has 1 aromatic heterocycles. The molecule has 0 saturated carbocycles. The van der Waals surface area contributed by atoms with Gasteiger partial charge < -0.3 is 20.1 Å². The number of sulfone groups is 1. The van der Waals surface area contributed by atoms with Gasteiger partial charge in [0.2, 0.25) is 0 Å². The van der Waals surface area contributed by atoms with Gasteiger partial charge in [-0.2, -0.15) is 0 Å². The molecule has 1 amide bonds. The molecule has 1 aromatic carbocycles. The van der Waals surface area contributed by atoms with E-state index >= 15 is 0 Å². The van der Waals surface area contributed by atoms with E-state index in [0.717, 1.165) is 12.3 Å². The lowest BCUT2D eigenvalue weighted by atomic mass is 10.1. The summed E-state index contributed by atoms with van der Waals surface area (Å²) in [7, 11) is -3.49. The first kappa shape index (κ1) is 19.9. The Morgan fingerprint density at radius 2 is 2.00 bits per heavy atom. The van der Waals surface area contributed by atoms with Gasteiger partial charge in [0, 0.05) is 44.5 Å². The summed E-state index contributed by atoms with van der Waals surface area (Å²) in [4.78, 5) is 16.3. The summed E-state index contributed by atoms with van der Waals surface area (Å²) in [6.45, 7) is 0.822. The second kappa shape index (κ2) is 8.01. The summed E-state index contributed by atoms with van der Waals surface area (Å²) in [5.41, 5.74) is 0.0896. The molecule has 1 aliphatic rings. The lowest BCUT2D eigenvalue weighted by molar-refractivity contribution is 0.0895. The van der Waals surface area contributed by atoms with Crippen molar-refractivity contribution in [2.75, 3.05) is 24.7 Å². The summed E-state index contributed by atoms with van der Waals surface area (Å²) in [6, 6.07) is 6.87. The highest BCUT2D eigenvalue weighted by molar-refractivity contribution is 7.90. The van der Waals surface area contributed by atoms with Crippen LogP contribution in [0.3, 0.4) is 0 Å². The minimum Gasteiger partial charge on any atom is -0.490 e. The summed E-state index contributed by atoms with van der Waals surface area (Å²) in [5.74, 6) is 0.156. The molecule has 2 N–H and O–H groups in total. The molecular formula is C18H20FN3O5S. The number of halogens is 1. The number of carbonyl (C=O) groups is 1. The van der Waals surface area contributed by atoms with Gasteiger partial charge in [-0.15, -0.1) is 0 Å². The van der Waals surface area contributed by atoms with Crippen LogP contribution in [0.15, 0.2) is 41.4 Å². The van der Waals surface area contributed by atoms with Crippen molar-refractivity contribution in [3.63, 3.8) is 0 Å². The molecule has 1 aliphatic heterocycles. The third-order valence-electron chi connectivity index (χ3n) is 4.38. The molecular weight excluding hydrogens is 389 g/mol. The zero-order chi connectivity index (χ0) is 20.3. The maximum Gasteiger partial charge on any atom is 0.407 e. The van der Waals surface area contributed by atoms with E-state index in [9.17, 15) is 17.6 Å². The van der Waals surface area contributed by atoms with E-state index < -0.39 is 21.7 Å². The Bertz CT molecular complexity index is 975. The van der Waals surface area contributed by atoms with Crippen LogP contribution in [0.2, 0.25) is 0 Å². The number of carboxylic acid groups (broad SMARTS) is 1. The Morgan fingerprint density at radius 1 is 1.29 bits per heavy atom. The van der Waals surface area contributed by atoms with E-state index in [0.29, 0.717) is 37.5 Å². The van der Waals surface area contributed by atoms with Gasteiger partial charge in [-0.05, 0) is 24.3 Å². The second-order valence-corrected chi connectivity index (χ2v) is 8.52. The average Bonchev–Trinajstić information content (AvgIpc) is 2.63. The molecule has 0 bridgehead atoms. The van der Waals surface area contributed by atoms with E-state index in [1.807, 2.05) is 0 Å². The molecule has 0 spiro atoms. The van der Waals surface area contributed by atoms with Crippen molar-refractivity contribution in [3.05, 3.63) is 42.3 Å². The summed E-state index contributed by atoms with van der Waals surface area (Å²) in [6.07, 6.45) is 2.64. The largest absolute Gasteiger partial charge is 0.490 e. The van der Waals surface area contributed by atoms with Gasteiger partial charge >= 0.3 is 6.09 Å². The van der Waals surface area contributed by atoms with Crippen LogP contribution in [0, 0.1) is 5.82 Å². The zero-order valence-corrected chi connectivity index (χ0v) is 15.9. The van der Waals surface area contributed by atoms with Crippen molar-refractivity contribution in [3.8, 4) is 5.75 Å². The van der Waals surface area contributed by atoms with Gasteiger partial charge in [0.15, 0.2) is 9.84 Å². The smallest absolute Gasteiger partial charge is 0.407 e. The zero-order valence-electron chi connectivity index (χ0n) is 15.1. The van der Waals surface area contributed by atoms with Crippen molar-refractivity contribution in [1.82, 2.24) is 9.88 Å². The third-order valence-corrected chi connectivity index (χ3v) is 5.49. The molecule has 10 heteroatoms. The highest BCUT2D eigenvalue weighted by Gasteiger charge is 2.23. The summed E-state index contributed by atoms with van der Waals surface area (Å²) in [5, 5.41) is 11.8. The Morgan fingerprint density at radius 3 is 2.61 bits per heavy atom. The lowest BCUT2D eigenvalue weighted by Gasteiger charge is -2.30. The van der Waals surface area contributed by atoms with Gasteiger partial charge in [-0.3, -0.25) is 0 Å². The first-order valence-corrected chi connectivity index (χ1v) is 10.5. The molecule has 3 rings (SSSR count). The summed E-state index contributed by atoms with van der Waals surface area (Å²) >= 11 is 0. The number of anilines is 2. The molecule has 0 radical (unpaired) electrons. The number of likely N-dealkylation sites (tertiary alicyclic amines) is 1. The Kier molecular flexibility index (Phi) is 5.68. The van der Waals surface area contributed by atoms with Crippen molar-refractivity contribution >= 4 is 27.4 Å². The topological polar surface area (TPSA) is 109 Å². The fraction of sp³-hybridized carbons (Fsp3) is 0.333. The van der Waals surface area contributed by atoms with Gasteiger partial charge in [0.1, 0.15) is 23.5 Å². The van der Waals surface area contributed by atoms with Crippen molar-refractivity contribution in [2.24, 2.45) is 0 Å². The van der Waals surface area contributed by atoms with Crippen LogP contribution in [0.5, 0.6) is 5.75 Å². The fourth-order valence-corrected chi connectivity index (χ4v) is 3.51. The monoisotopic (exact) mass is 409 g/mol. The van der Waals surface area contributed by atoms with Gasteiger partial charge in [-0.25, -0.2) is 22.6 Å². The van der Waals surface area contributed by atoms with Crippen LogP contribution in [0.4, 0.5) is 20.7 Å². The number of pyridine rings is 1. The SMILES string of the molecule is CS(=O)(=O)c1ccc(Nc2cc(OC3CCN(C(=O)O)CC3)ccn2)c(F)c1. The minimum atomic E-state index is -3.49. The van der Waals surface area contributed by atoms with E-state index in [-0.39, 0.29) is 16.7 Å². The number of aromatic nitrogens is 1. The molecule has 150 valence electrons. The lowest BCUT2D eigenvalue weighted by Crippen LogP contribution is -2.41. The van der Waals surface area contributed by atoms with Gasteiger partial charge in [0.05, 0.1) is 10.6 Å². The minimum absolute atomic E-state index is 0.0896. The molecule has 8 nitrogen and oxygen atoms in total. The fourth-order valence-electron chi connectivity index (χ4n) is 2.88. The number of rotatable bonds is 5. The molecule has 0 aliphatic carbocycles. The molecule has 2 heterocycles. The first-order chi connectivity index (χ1) is 13.2. The number of nitrogens with zero attached hydrogens (tertiary/aromatic N) is 2. The highest BCUT2D eigenvalue weighted by atomic mass is 32.2. The van der Waals surface area contributed by atoms with Crippen LogP contribution in [0.1, 0.15) is 12.8 Å². The third kappa shape index (κ3) is 4.89. The standard InChI is InChI=1S/C18H20FN3O5S/c1-28(25,26)14-2-3-16(15(19)11-14)21-17-10-13(4-7-20-17)27-12-5-8-22(9-6-12)18(23)24/h2-4,7,10-12H,5-6,8-9H2,1H3,(H,20,21)(H,23,24). The number of ether oxygens (including phenoxy) is 1. The molecule has 1 fully saturated rings. The summed E-state index contributed by atoms with van der Waals surface area (Å²) < 4.78 is 43.1. The normalized spacial score (nSPS) is 15.3. The Balaban J connectivity index is 1.66. The van der Waals surface area contributed by atoms with Gasteiger partial charge in [-0.1, -0.05) is 0 Å². The van der Waals surface area contributed by atoms with Crippen molar-refractivity contribution in [2.45, 2.75) is 23.8 Å². The van der Waals surface area contributed by atoms with E-state index in [1.165, 1.54) is 23.2 Å². The number of benzene rings is 1. The number of hydrogen-bond donors (Lipinski definition) is 2. The number of amides is 1. The van der Waals surface area contributed by atoms with Crippen molar-refractivity contribution in [1.29, 1.82) is 0 Å². The number of nitrogens with one attached hydrogen (secondary N) is 1. The van der Waals surface area contributed by atoms with E-state index in [4.69, 9.17) is 9.84 Å². The average molecular weight is 409 g/mol. The molecule has 1 saturated heterocycles. The number of piperidine rings is 1.